The second-order valence-electron chi connectivity index (χ2n) is 3.50. The van der Waals surface area contributed by atoms with Crippen molar-refractivity contribution in [2.24, 2.45) is 5.84 Å². The van der Waals surface area contributed by atoms with Gasteiger partial charge in [0.25, 0.3) is 0 Å². The van der Waals surface area contributed by atoms with Gasteiger partial charge < -0.3 is 10.2 Å². The lowest BCUT2D eigenvalue weighted by molar-refractivity contribution is 0.458. The minimum absolute atomic E-state index is 0.385. The molecule has 94 valence electrons. The molecule has 0 fully saturated rings. The van der Waals surface area contributed by atoms with Crippen LogP contribution >= 0.6 is 23.2 Å². The van der Waals surface area contributed by atoms with Crippen LogP contribution in [-0.2, 0) is 0 Å². The Morgan fingerprint density at radius 2 is 1.83 bits per heavy atom. The van der Waals surface area contributed by atoms with Crippen LogP contribution in [0.15, 0.2) is 24.5 Å². The van der Waals surface area contributed by atoms with E-state index in [0.29, 0.717) is 33.1 Å². The van der Waals surface area contributed by atoms with Crippen molar-refractivity contribution < 1.29 is 4.74 Å². The third kappa shape index (κ3) is 2.81. The molecule has 3 N–H and O–H groups in total. The Kier molecular flexibility index (Phi) is 3.86. The minimum atomic E-state index is 0.385. The summed E-state index contributed by atoms with van der Waals surface area (Å²) in [4.78, 5) is 7.98. The van der Waals surface area contributed by atoms with E-state index >= 15 is 0 Å². The van der Waals surface area contributed by atoms with Crippen LogP contribution in [-0.4, -0.2) is 9.97 Å². The van der Waals surface area contributed by atoms with Gasteiger partial charge in [-0.2, -0.15) is 0 Å². The van der Waals surface area contributed by atoms with Crippen molar-refractivity contribution in [1.82, 2.24) is 9.97 Å². The lowest BCUT2D eigenvalue weighted by atomic mass is 10.3. The number of hydrogen-bond acceptors (Lipinski definition) is 5. The molecule has 0 amide bonds. The van der Waals surface area contributed by atoms with Crippen molar-refractivity contribution in [3.8, 4) is 11.6 Å². The summed E-state index contributed by atoms with van der Waals surface area (Å²) in [5.74, 6) is 6.70. The van der Waals surface area contributed by atoms with Crippen LogP contribution in [0, 0.1) is 6.92 Å². The molecule has 2 rings (SSSR count). The molecule has 1 aromatic heterocycles. The maximum Gasteiger partial charge on any atom is 0.227 e. The van der Waals surface area contributed by atoms with Gasteiger partial charge in [0.05, 0.1) is 5.56 Å². The van der Waals surface area contributed by atoms with E-state index in [0.717, 1.165) is 0 Å². The number of benzene rings is 1. The summed E-state index contributed by atoms with van der Waals surface area (Å²) in [5, 5.41) is 0.975. The van der Waals surface area contributed by atoms with Gasteiger partial charge in [0.2, 0.25) is 5.88 Å². The van der Waals surface area contributed by atoms with Crippen LogP contribution in [0.1, 0.15) is 5.56 Å². The molecule has 0 atom stereocenters. The number of rotatable bonds is 3. The molecule has 2 aromatic rings. The fourth-order valence-electron chi connectivity index (χ4n) is 1.38. The average molecular weight is 285 g/mol. The van der Waals surface area contributed by atoms with Crippen LogP contribution in [0.5, 0.6) is 11.6 Å². The molecule has 0 bridgehead atoms. The molecule has 1 heterocycles. The van der Waals surface area contributed by atoms with E-state index in [2.05, 4.69) is 15.4 Å². The van der Waals surface area contributed by atoms with Crippen LogP contribution in [0.3, 0.4) is 0 Å². The number of anilines is 1. The highest BCUT2D eigenvalue weighted by molar-refractivity contribution is 6.34. The fourth-order valence-corrected chi connectivity index (χ4v) is 1.89. The topological polar surface area (TPSA) is 73.1 Å². The predicted molar refractivity (Wildman–Crippen MR) is 71.1 cm³/mol. The zero-order valence-corrected chi connectivity index (χ0v) is 11.0. The van der Waals surface area contributed by atoms with Crippen LogP contribution in [0.2, 0.25) is 10.0 Å². The smallest absolute Gasteiger partial charge is 0.227 e. The Hall–Kier alpha value is -1.56. The Labute approximate surface area is 114 Å². The first-order valence-electron chi connectivity index (χ1n) is 5.02. The Bertz CT molecular complexity index is 557. The lowest BCUT2D eigenvalue weighted by Crippen LogP contribution is -2.11. The van der Waals surface area contributed by atoms with Crippen molar-refractivity contribution in [2.45, 2.75) is 6.92 Å². The van der Waals surface area contributed by atoms with Crippen LogP contribution in [0.4, 0.5) is 5.82 Å². The Balaban J connectivity index is 2.34. The van der Waals surface area contributed by atoms with E-state index in [9.17, 15) is 0 Å². The molecule has 7 heteroatoms. The van der Waals surface area contributed by atoms with Gasteiger partial charge in [0.15, 0.2) is 0 Å². The zero-order chi connectivity index (χ0) is 13.1. The number of nitrogen functional groups attached to an aromatic ring is 1. The third-order valence-corrected chi connectivity index (χ3v) is 2.66. The van der Waals surface area contributed by atoms with Crippen LogP contribution in [0.25, 0.3) is 0 Å². The first-order chi connectivity index (χ1) is 8.60. The van der Waals surface area contributed by atoms with Crippen molar-refractivity contribution in [3.63, 3.8) is 0 Å². The second-order valence-corrected chi connectivity index (χ2v) is 4.38. The van der Waals surface area contributed by atoms with E-state index < -0.39 is 0 Å². The van der Waals surface area contributed by atoms with Gasteiger partial charge in [-0.05, 0) is 25.1 Å². The summed E-state index contributed by atoms with van der Waals surface area (Å²) >= 11 is 11.8. The lowest BCUT2D eigenvalue weighted by Gasteiger charge is -2.10. The maximum atomic E-state index is 5.89. The van der Waals surface area contributed by atoms with Gasteiger partial charge >= 0.3 is 0 Å². The quantitative estimate of drug-likeness (QED) is 0.669. The average Bonchev–Trinajstić information content (AvgIpc) is 2.30. The van der Waals surface area contributed by atoms with E-state index in [1.54, 1.807) is 25.1 Å². The summed E-state index contributed by atoms with van der Waals surface area (Å²) in [6.45, 7) is 1.79. The largest absolute Gasteiger partial charge is 0.438 e. The molecule has 18 heavy (non-hydrogen) atoms. The van der Waals surface area contributed by atoms with E-state index in [-0.39, 0.29) is 0 Å². The summed E-state index contributed by atoms with van der Waals surface area (Å²) in [5.41, 5.74) is 3.15. The summed E-state index contributed by atoms with van der Waals surface area (Å²) in [7, 11) is 0. The molecule has 0 spiro atoms. The number of hydrogen-bond donors (Lipinski definition) is 2. The predicted octanol–water partition coefficient (Wildman–Crippen LogP) is 3.17. The highest BCUT2D eigenvalue weighted by Crippen LogP contribution is 2.29. The summed E-state index contributed by atoms with van der Waals surface area (Å²) in [6.07, 6.45) is 1.35. The molecule has 0 saturated heterocycles. The van der Waals surface area contributed by atoms with Crippen molar-refractivity contribution >= 4 is 29.0 Å². The molecule has 0 radical (unpaired) electrons. The molecule has 1 aromatic carbocycles. The molecule has 0 aliphatic rings. The van der Waals surface area contributed by atoms with Gasteiger partial charge in [-0.1, -0.05) is 23.2 Å². The maximum absolute atomic E-state index is 5.89. The van der Waals surface area contributed by atoms with E-state index in [1.807, 2.05) is 0 Å². The summed E-state index contributed by atoms with van der Waals surface area (Å²) < 4.78 is 5.60. The highest BCUT2D eigenvalue weighted by atomic mass is 35.5. The minimum Gasteiger partial charge on any atom is -0.438 e. The third-order valence-electron chi connectivity index (χ3n) is 2.23. The molecule has 5 nitrogen and oxygen atoms in total. The molecule has 0 unspecified atom stereocenters. The van der Waals surface area contributed by atoms with Gasteiger partial charge in [-0.15, -0.1) is 0 Å². The van der Waals surface area contributed by atoms with Crippen molar-refractivity contribution in [2.75, 3.05) is 5.43 Å². The van der Waals surface area contributed by atoms with Gasteiger partial charge in [0.1, 0.15) is 17.9 Å². The Morgan fingerprint density at radius 3 is 2.44 bits per heavy atom. The van der Waals surface area contributed by atoms with Gasteiger partial charge in [0, 0.05) is 10.0 Å². The normalized spacial score (nSPS) is 10.2. The zero-order valence-electron chi connectivity index (χ0n) is 9.45. The standard InChI is InChI=1S/C11H10Cl2N4O/c1-6-10(17-14)15-5-16-11(6)18-9-3-7(12)2-8(13)4-9/h2-5H,14H2,1H3,(H,15,16,17). The monoisotopic (exact) mass is 284 g/mol. The molecule has 0 saturated carbocycles. The number of nitrogens with one attached hydrogen (secondary N) is 1. The van der Waals surface area contributed by atoms with Crippen molar-refractivity contribution in [1.29, 1.82) is 0 Å². The van der Waals surface area contributed by atoms with Gasteiger partial charge in [-0.3, -0.25) is 0 Å². The number of halogens is 2. The van der Waals surface area contributed by atoms with Crippen molar-refractivity contribution in [3.05, 3.63) is 40.1 Å². The van der Waals surface area contributed by atoms with E-state index in [4.69, 9.17) is 33.8 Å². The number of nitrogens with zero attached hydrogens (tertiary/aromatic N) is 2. The number of nitrogens with two attached hydrogens (primary N) is 1. The van der Waals surface area contributed by atoms with E-state index in [1.165, 1.54) is 6.33 Å². The van der Waals surface area contributed by atoms with Gasteiger partial charge in [-0.25, -0.2) is 15.8 Å². The van der Waals surface area contributed by atoms with Crippen LogP contribution < -0.4 is 16.0 Å². The molecular weight excluding hydrogens is 275 g/mol. The SMILES string of the molecule is Cc1c(NN)ncnc1Oc1cc(Cl)cc(Cl)c1. The Morgan fingerprint density at radius 1 is 1.17 bits per heavy atom. The first kappa shape index (κ1) is 12.9. The molecule has 0 aliphatic heterocycles. The fraction of sp³-hybridized carbons (Fsp3) is 0.0909. The molecular formula is C11H10Cl2N4O. The highest BCUT2D eigenvalue weighted by Gasteiger charge is 2.09. The first-order valence-corrected chi connectivity index (χ1v) is 5.78. The second kappa shape index (κ2) is 5.39. The number of ether oxygens (including phenoxy) is 1. The summed E-state index contributed by atoms with van der Waals surface area (Å²) in [6, 6.07) is 4.91. The molecule has 0 aliphatic carbocycles. The number of aromatic nitrogens is 2. The number of hydrazine groups is 1.